The van der Waals surface area contributed by atoms with E-state index in [1.54, 1.807) is 4.90 Å². The Hall–Kier alpha value is -2.04. The Morgan fingerprint density at radius 2 is 1.81 bits per heavy atom. The normalized spacial score (nSPS) is 12.5. The number of aryl methyl sites for hydroxylation is 1. The van der Waals surface area contributed by atoms with Crippen molar-refractivity contribution in [2.75, 3.05) is 6.54 Å². The average molecular weight is 390 g/mol. The first-order valence-electron chi connectivity index (χ1n) is 9.09. The van der Waals surface area contributed by atoms with E-state index >= 15 is 0 Å². The smallest absolute Gasteiger partial charge is 0.410 e. The lowest BCUT2D eigenvalue weighted by atomic mass is 10.0. The van der Waals surface area contributed by atoms with Gasteiger partial charge < -0.3 is 14.7 Å². The van der Waals surface area contributed by atoms with Gasteiger partial charge in [0.1, 0.15) is 5.60 Å². The van der Waals surface area contributed by atoms with Crippen LogP contribution in [-0.4, -0.2) is 34.3 Å². The van der Waals surface area contributed by atoms with Crippen LogP contribution < -0.4 is 0 Å². The highest BCUT2D eigenvalue weighted by Crippen LogP contribution is 2.18. The van der Waals surface area contributed by atoms with Crippen molar-refractivity contribution in [1.82, 2.24) is 4.90 Å². The predicted molar refractivity (Wildman–Crippen MR) is 109 cm³/mol. The molecule has 0 fully saturated rings. The van der Waals surface area contributed by atoms with Crippen molar-refractivity contribution in [1.29, 1.82) is 0 Å². The summed E-state index contributed by atoms with van der Waals surface area (Å²) in [5.74, 6) is 0. The molecular formula is C22H28ClNO3. The summed E-state index contributed by atoms with van der Waals surface area (Å²) in [5, 5.41) is 11.3. The maximum Gasteiger partial charge on any atom is 0.410 e. The second-order valence-corrected chi connectivity index (χ2v) is 8.20. The quantitative estimate of drug-likeness (QED) is 0.757. The Morgan fingerprint density at radius 3 is 2.41 bits per heavy atom. The third-order valence-electron chi connectivity index (χ3n) is 3.99. The van der Waals surface area contributed by atoms with Gasteiger partial charge in [0.05, 0.1) is 12.6 Å². The number of nitrogens with zero attached hydrogens (tertiary/aromatic N) is 1. The Bertz CT molecular complexity index is 756. The molecule has 0 aliphatic carbocycles. The molecule has 1 unspecified atom stereocenters. The molecule has 0 aliphatic rings. The first kappa shape index (κ1) is 21.3. The zero-order valence-corrected chi connectivity index (χ0v) is 17.2. The fourth-order valence-corrected chi connectivity index (χ4v) is 2.88. The van der Waals surface area contributed by atoms with Gasteiger partial charge >= 0.3 is 6.09 Å². The van der Waals surface area contributed by atoms with Crippen LogP contribution in [0.1, 0.15) is 37.5 Å². The number of ether oxygens (including phenoxy) is 1. The minimum Gasteiger partial charge on any atom is -0.444 e. The number of hydrogen-bond donors (Lipinski definition) is 1. The van der Waals surface area contributed by atoms with Gasteiger partial charge in [0.2, 0.25) is 0 Å². The van der Waals surface area contributed by atoms with Gasteiger partial charge in [0.15, 0.2) is 0 Å². The molecule has 0 heterocycles. The van der Waals surface area contributed by atoms with E-state index in [0.717, 1.165) is 16.7 Å². The second-order valence-electron chi connectivity index (χ2n) is 7.79. The number of aliphatic hydroxyl groups excluding tert-OH is 1. The monoisotopic (exact) mass is 389 g/mol. The Labute approximate surface area is 166 Å². The number of halogens is 1. The third kappa shape index (κ3) is 7.24. The second kappa shape index (κ2) is 9.25. The van der Waals surface area contributed by atoms with Crippen LogP contribution in [0.3, 0.4) is 0 Å². The lowest BCUT2D eigenvalue weighted by Gasteiger charge is -2.29. The standard InChI is InChI=1S/C22H28ClNO3/c1-16-12-18(10-11-20(16)23)13-19(25)15-24(21(26)27-22(2,3)4)14-17-8-6-5-7-9-17/h5-12,19,25H,13-15H2,1-4H3. The average Bonchev–Trinajstić information content (AvgIpc) is 2.57. The minimum atomic E-state index is -0.707. The maximum absolute atomic E-state index is 12.6. The number of carbonyl (C=O) groups is 1. The third-order valence-corrected chi connectivity index (χ3v) is 4.42. The van der Waals surface area contributed by atoms with Crippen LogP contribution in [0.5, 0.6) is 0 Å². The lowest BCUT2D eigenvalue weighted by molar-refractivity contribution is 0.0126. The van der Waals surface area contributed by atoms with E-state index in [-0.39, 0.29) is 6.54 Å². The van der Waals surface area contributed by atoms with Crippen molar-refractivity contribution in [2.24, 2.45) is 0 Å². The molecule has 0 bridgehead atoms. The van der Waals surface area contributed by atoms with E-state index in [1.807, 2.05) is 76.2 Å². The van der Waals surface area contributed by atoms with Crippen LogP contribution >= 0.6 is 11.6 Å². The highest BCUT2D eigenvalue weighted by Gasteiger charge is 2.24. The van der Waals surface area contributed by atoms with Crippen molar-refractivity contribution < 1.29 is 14.6 Å². The SMILES string of the molecule is Cc1cc(CC(O)CN(Cc2ccccc2)C(=O)OC(C)(C)C)ccc1Cl. The fourth-order valence-electron chi connectivity index (χ4n) is 2.76. The van der Waals surface area contributed by atoms with Crippen molar-refractivity contribution >= 4 is 17.7 Å². The van der Waals surface area contributed by atoms with Gasteiger partial charge in [-0.05, 0) is 50.5 Å². The van der Waals surface area contributed by atoms with Crippen LogP contribution in [0.15, 0.2) is 48.5 Å². The van der Waals surface area contributed by atoms with Crippen LogP contribution in [0.2, 0.25) is 5.02 Å². The van der Waals surface area contributed by atoms with Gasteiger partial charge in [-0.3, -0.25) is 0 Å². The summed E-state index contributed by atoms with van der Waals surface area (Å²) < 4.78 is 5.52. The largest absolute Gasteiger partial charge is 0.444 e. The number of carbonyl (C=O) groups excluding carboxylic acids is 1. The summed E-state index contributed by atoms with van der Waals surface area (Å²) in [6.45, 7) is 7.99. The summed E-state index contributed by atoms with van der Waals surface area (Å²) in [6, 6.07) is 15.4. The summed E-state index contributed by atoms with van der Waals surface area (Å²) >= 11 is 6.06. The molecule has 1 atom stereocenters. The molecule has 5 heteroatoms. The maximum atomic E-state index is 12.6. The van der Waals surface area contributed by atoms with E-state index in [2.05, 4.69) is 0 Å². The van der Waals surface area contributed by atoms with E-state index < -0.39 is 17.8 Å². The first-order valence-corrected chi connectivity index (χ1v) is 9.47. The van der Waals surface area contributed by atoms with E-state index in [1.165, 1.54) is 0 Å². The van der Waals surface area contributed by atoms with Crippen molar-refractivity contribution in [2.45, 2.75) is 52.4 Å². The molecule has 27 heavy (non-hydrogen) atoms. The Balaban J connectivity index is 2.09. The van der Waals surface area contributed by atoms with Gasteiger partial charge in [-0.1, -0.05) is 54.1 Å². The molecule has 0 saturated carbocycles. The van der Waals surface area contributed by atoms with Gasteiger partial charge in [0, 0.05) is 18.0 Å². The van der Waals surface area contributed by atoms with Gasteiger partial charge in [-0.2, -0.15) is 0 Å². The molecule has 2 rings (SSSR count). The topological polar surface area (TPSA) is 49.8 Å². The molecule has 146 valence electrons. The van der Waals surface area contributed by atoms with Gasteiger partial charge in [-0.25, -0.2) is 4.79 Å². The van der Waals surface area contributed by atoms with Crippen LogP contribution in [-0.2, 0) is 17.7 Å². The highest BCUT2D eigenvalue weighted by molar-refractivity contribution is 6.31. The Morgan fingerprint density at radius 1 is 1.15 bits per heavy atom. The molecule has 2 aromatic rings. The number of rotatable bonds is 6. The molecule has 0 radical (unpaired) electrons. The Kier molecular flexibility index (Phi) is 7.28. The summed E-state index contributed by atoms with van der Waals surface area (Å²) in [6.07, 6.45) is -0.703. The number of amides is 1. The van der Waals surface area contributed by atoms with Crippen LogP contribution in [0.4, 0.5) is 4.79 Å². The number of benzene rings is 2. The molecule has 2 aromatic carbocycles. The lowest BCUT2D eigenvalue weighted by Crippen LogP contribution is -2.41. The van der Waals surface area contributed by atoms with E-state index in [9.17, 15) is 9.90 Å². The summed E-state index contributed by atoms with van der Waals surface area (Å²) in [4.78, 5) is 14.2. The molecule has 1 N–H and O–H groups in total. The first-order chi connectivity index (χ1) is 12.6. The van der Waals surface area contributed by atoms with Crippen LogP contribution in [0.25, 0.3) is 0 Å². The van der Waals surface area contributed by atoms with E-state index in [0.29, 0.717) is 18.0 Å². The molecular weight excluding hydrogens is 362 g/mol. The summed E-state index contributed by atoms with van der Waals surface area (Å²) in [7, 11) is 0. The molecule has 0 aliphatic heterocycles. The fraction of sp³-hybridized carbons (Fsp3) is 0.409. The predicted octanol–water partition coefficient (Wildman–Crippen LogP) is 4.99. The molecule has 1 amide bonds. The van der Waals surface area contributed by atoms with Crippen LogP contribution in [0, 0.1) is 6.92 Å². The molecule has 0 spiro atoms. The summed E-state index contributed by atoms with van der Waals surface area (Å²) in [5.41, 5.74) is 2.34. The number of aliphatic hydroxyl groups is 1. The van der Waals surface area contributed by atoms with Crippen molar-refractivity contribution in [3.05, 3.63) is 70.2 Å². The minimum absolute atomic E-state index is 0.186. The highest BCUT2D eigenvalue weighted by atomic mass is 35.5. The van der Waals surface area contributed by atoms with E-state index in [4.69, 9.17) is 16.3 Å². The van der Waals surface area contributed by atoms with Crippen molar-refractivity contribution in [3.8, 4) is 0 Å². The van der Waals surface area contributed by atoms with Gasteiger partial charge in [0.25, 0.3) is 0 Å². The molecule has 0 saturated heterocycles. The van der Waals surface area contributed by atoms with Gasteiger partial charge in [-0.15, -0.1) is 0 Å². The number of hydrogen-bond acceptors (Lipinski definition) is 3. The zero-order valence-electron chi connectivity index (χ0n) is 16.4. The van der Waals surface area contributed by atoms with Crippen molar-refractivity contribution in [3.63, 3.8) is 0 Å². The zero-order chi connectivity index (χ0) is 20.0. The molecule has 0 aromatic heterocycles. The molecule has 4 nitrogen and oxygen atoms in total.